The highest BCUT2D eigenvalue weighted by Crippen LogP contribution is 2.19. The average Bonchev–Trinajstić information content (AvgIpc) is 2.88. The molecule has 20 heavy (non-hydrogen) atoms. The van der Waals surface area contributed by atoms with Crippen molar-refractivity contribution in [1.29, 1.82) is 0 Å². The Labute approximate surface area is 123 Å². The Bertz CT molecular complexity index is 523. The maximum absolute atomic E-state index is 12.2. The van der Waals surface area contributed by atoms with Crippen LogP contribution in [-0.2, 0) is 21.4 Å². The molecule has 0 bridgehead atoms. The molecule has 1 saturated heterocycles. The molecule has 2 N–H and O–H groups in total. The molecule has 1 aliphatic heterocycles. The summed E-state index contributed by atoms with van der Waals surface area (Å²) in [6.45, 7) is 5.45. The van der Waals surface area contributed by atoms with Crippen LogP contribution in [0.15, 0.2) is 16.3 Å². The van der Waals surface area contributed by atoms with Gasteiger partial charge in [0.25, 0.3) is 0 Å². The summed E-state index contributed by atoms with van der Waals surface area (Å²) < 4.78 is 32.3. The van der Waals surface area contributed by atoms with Gasteiger partial charge in [-0.1, -0.05) is 0 Å². The van der Waals surface area contributed by atoms with Gasteiger partial charge < -0.3 is 9.84 Å². The van der Waals surface area contributed by atoms with Crippen LogP contribution < -0.4 is 4.72 Å². The van der Waals surface area contributed by atoms with Crippen LogP contribution in [0.2, 0.25) is 0 Å². The molecule has 2 rings (SSSR count). The summed E-state index contributed by atoms with van der Waals surface area (Å²) in [5, 5.41) is 10.5. The highest BCUT2D eigenvalue weighted by molar-refractivity contribution is 7.89. The smallest absolute Gasteiger partial charge is 0.241 e. The fourth-order valence-corrected chi connectivity index (χ4v) is 4.49. The Hall–Kier alpha value is -0.510. The number of aliphatic hydroxyl groups is 1. The molecule has 0 amide bonds. The number of sulfonamides is 1. The van der Waals surface area contributed by atoms with E-state index in [0.717, 1.165) is 13.1 Å². The van der Waals surface area contributed by atoms with Crippen molar-refractivity contribution in [3.8, 4) is 0 Å². The number of nitrogens with zero attached hydrogens (tertiary/aromatic N) is 1. The third kappa shape index (κ3) is 4.24. The highest BCUT2D eigenvalue weighted by atomic mass is 32.2. The van der Waals surface area contributed by atoms with E-state index in [9.17, 15) is 8.42 Å². The van der Waals surface area contributed by atoms with E-state index in [2.05, 4.69) is 9.62 Å². The predicted octanol–water partition coefficient (Wildman–Crippen LogP) is 0.239. The molecular weight excluding hydrogens is 300 g/mol. The second kappa shape index (κ2) is 6.97. The van der Waals surface area contributed by atoms with Crippen molar-refractivity contribution < 1.29 is 18.3 Å². The van der Waals surface area contributed by atoms with Crippen LogP contribution in [0.4, 0.5) is 0 Å². The fourth-order valence-electron chi connectivity index (χ4n) is 2.13. The van der Waals surface area contributed by atoms with Crippen molar-refractivity contribution in [1.82, 2.24) is 9.62 Å². The Kier molecular flexibility index (Phi) is 5.53. The van der Waals surface area contributed by atoms with E-state index in [1.165, 1.54) is 17.4 Å². The van der Waals surface area contributed by atoms with Gasteiger partial charge in [-0.05, 0) is 13.0 Å². The predicted molar refractivity (Wildman–Crippen MR) is 77.3 cm³/mol. The molecule has 6 nitrogen and oxygen atoms in total. The van der Waals surface area contributed by atoms with Gasteiger partial charge >= 0.3 is 0 Å². The van der Waals surface area contributed by atoms with Crippen molar-refractivity contribution in [3.05, 3.63) is 16.3 Å². The topological polar surface area (TPSA) is 78.9 Å². The van der Waals surface area contributed by atoms with Crippen molar-refractivity contribution in [3.63, 3.8) is 0 Å². The molecule has 2 heterocycles. The largest absolute Gasteiger partial charge is 0.391 e. The first-order valence-electron chi connectivity index (χ1n) is 6.52. The van der Waals surface area contributed by atoms with Gasteiger partial charge in [0.15, 0.2) is 0 Å². The molecule has 1 unspecified atom stereocenters. The molecule has 1 aromatic rings. The van der Waals surface area contributed by atoms with Gasteiger partial charge in [-0.2, -0.15) is 0 Å². The van der Waals surface area contributed by atoms with E-state index in [-0.39, 0.29) is 17.5 Å². The number of ether oxygens (including phenoxy) is 1. The molecule has 0 saturated carbocycles. The second-order valence-electron chi connectivity index (χ2n) is 4.84. The number of nitrogens with one attached hydrogen (secondary N) is 1. The van der Waals surface area contributed by atoms with E-state index >= 15 is 0 Å². The Morgan fingerprint density at radius 2 is 2.20 bits per heavy atom. The van der Waals surface area contributed by atoms with Crippen LogP contribution in [0, 0.1) is 0 Å². The number of rotatable bonds is 6. The maximum atomic E-state index is 12.2. The molecule has 0 aromatic carbocycles. The third-order valence-corrected chi connectivity index (χ3v) is 5.73. The van der Waals surface area contributed by atoms with Gasteiger partial charge in [0, 0.05) is 35.9 Å². The fraction of sp³-hybridized carbons (Fsp3) is 0.667. The number of thiophene rings is 1. The molecule has 0 radical (unpaired) electrons. The van der Waals surface area contributed by atoms with Crippen molar-refractivity contribution in [2.24, 2.45) is 0 Å². The molecule has 0 aliphatic carbocycles. The van der Waals surface area contributed by atoms with Crippen molar-refractivity contribution in [2.45, 2.75) is 24.5 Å². The lowest BCUT2D eigenvalue weighted by molar-refractivity contribution is 0.0354. The molecule has 0 spiro atoms. The molecular formula is C12H20N2O4S2. The molecule has 1 aromatic heterocycles. The first-order valence-corrected chi connectivity index (χ1v) is 8.88. The number of hydrogen-bond acceptors (Lipinski definition) is 6. The maximum Gasteiger partial charge on any atom is 0.241 e. The Balaban J connectivity index is 1.93. The summed E-state index contributed by atoms with van der Waals surface area (Å²) in [5.41, 5.74) is 0. The van der Waals surface area contributed by atoms with Gasteiger partial charge in [0.1, 0.15) is 0 Å². The highest BCUT2D eigenvalue weighted by Gasteiger charge is 2.21. The first kappa shape index (κ1) is 15.9. The van der Waals surface area contributed by atoms with Crippen LogP contribution in [0.1, 0.15) is 11.8 Å². The molecule has 1 atom stereocenters. The number of aliphatic hydroxyl groups excluding tert-OH is 1. The van der Waals surface area contributed by atoms with Crippen LogP contribution in [0.5, 0.6) is 0 Å². The summed E-state index contributed by atoms with van der Waals surface area (Å²) in [6.07, 6.45) is 0. The summed E-state index contributed by atoms with van der Waals surface area (Å²) in [4.78, 5) is 3.05. The lowest BCUT2D eigenvalue weighted by atomic mass is 10.3. The van der Waals surface area contributed by atoms with Crippen molar-refractivity contribution >= 4 is 21.4 Å². The molecule has 1 fully saturated rings. The standard InChI is InChI=1S/C12H20N2O4S2/c1-10(7-14-2-4-18-5-3-14)13-20(16,17)12-6-11(8-15)19-9-12/h6,9-10,13,15H,2-5,7-8H2,1H3. The molecule has 8 heteroatoms. The zero-order valence-corrected chi connectivity index (χ0v) is 13.0. The normalized spacial score (nSPS) is 19.1. The minimum atomic E-state index is -3.51. The van der Waals surface area contributed by atoms with Gasteiger partial charge in [0.2, 0.25) is 10.0 Å². The summed E-state index contributed by atoms with van der Waals surface area (Å²) in [6, 6.07) is 1.34. The second-order valence-corrected chi connectivity index (χ2v) is 7.55. The SMILES string of the molecule is CC(CN1CCOCC1)NS(=O)(=O)c1csc(CO)c1. The van der Waals surface area contributed by atoms with Gasteiger partial charge in [0.05, 0.1) is 24.7 Å². The zero-order chi connectivity index (χ0) is 14.6. The Morgan fingerprint density at radius 1 is 1.50 bits per heavy atom. The summed E-state index contributed by atoms with van der Waals surface area (Å²) in [5.74, 6) is 0. The van der Waals surface area contributed by atoms with Crippen LogP contribution in [0.25, 0.3) is 0 Å². The van der Waals surface area contributed by atoms with Crippen LogP contribution >= 0.6 is 11.3 Å². The van der Waals surface area contributed by atoms with E-state index < -0.39 is 10.0 Å². The van der Waals surface area contributed by atoms with E-state index in [0.29, 0.717) is 24.6 Å². The number of morpholine rings is 1. The van der Waals surface area contributed by atoms with E-state index in [4.69, 9.17) is 9.84 Å². The lowest BCUT2D eigenvalue weighted by Crippen LogP contribution is -2.45. The summed E-state index contributed by atoms with van der Waals surface area (Å²) >= 11 is 1.24. The monoisotopic (exact) mass is 320 g/mol. The van der Waals surface area contributed by atoms with Gasteiger partial charge in [-0.15, -0.1) is 11.3 Å². The molecule has 114 valence electrons. The van der Waals surface area contributed by atoms with Crippen molar-refractivity contribution in [2.75, 3.05) is 32.8 Å². The minimum absolute atomic E-state index is 0.135. The van der Waals surface area contributed by atoms with Gasteiger partial charge in [-0.25, -0.2) is 13.1 Å². The van der Waals surface area contributed by atoms with Gasteiger partial charge in [-0.3, -0.25) is 4.90 Å². The third-order valence-electron chi connectivity index (χ3n) is 3.09. The summed E-state index contributed by atoms with van der Waals surface area (Å²) in [7, 11) is -3.51. The van der Waals surface area contributed by atoms with Crippen LogP contribution in [0.3, 0.4) is 0 Å². The van der Waals surface area contributed by atoms with E-state index in [1.54, 1.807) is 5.38 Å². The van der Waals surface area contributed by atoms with Crippen LogP contribution in [-0.4, -0.2) is 57.3 Å². The Morgan fingerprint density at radius 3 is 2.80 bits per heavy atom. The quantitative estimate of drug-likeness (QED) is 0.785. The number of hydrogen-bond donors (Lipinski definition) is 2. The molecule has 1 aliphatic rings. The zero-order valence-electron chi connectivity index (χ0n) is 11.4. The minimum Gasteiger partial charge on any atom is -0.391 e. The first-order chi connectivity index (χ1) is 9.51. The van der Waals surface area contributed by atoms with E-state index in [1.807, 2.05) is 6.92 Å². The lowest BCUT2D eigenvalue weighted by Gasteiger charge is -2.29. The average molecular weight is 320 g/mol.